The van der Waals surface area contributed by atoms with E-state index < -0.39 is 0 Å². The lowest BCUT2D eigenvalue weighted by Gasteiger charge is -2.15. The van der Waals surface area contributed by atoms with Crippen LogP contribution in [0.15, 0.2) is 28.2 Å². The molecule has 0 amide bonds. The summed E-state index contributed by atoms with van der Waals surface area (Å²) in [6.07, 6.45) is 14.1. The number of terminal acetylenes is 1. The highest BCUT2D eigenvalue weighted by atomic mass is 32.1. The van der Waals surface area contributed by atoms with E-state index in [0.29, 0.717) is 47.6 Å². The fraction of sp³-hybridized carbons (Fsp3) is 0.435. The zero-order chi connectivity index (χ0) is 21.8. The Morgan fingerprint density at radius 2 is 2.07 bits per heavy atom. The third-order valence-electron chi connectivity index (χ3n) is 5.20. The van der Waals surface area contributed by atoms with Gasteiger partial charge < -0.3 is 0 Å². The number of nitrogens with zero attached hydrogens (tertiary/aromatic N) is 6. The van der Waals surface area contributed by atoms with Crippen LogP contribution in [0, 0.1) is 32.1 Å². The molecule has 0 fully saturated rings. The van der Waals surface area contributed by atoms with Gasteiger partial charge in [0.15, 0.2) is 0 Å². The van der Waals surface area contributed by atoms with Crippen molar-refractivity contribution in [1.29, 1.82) is 0 Å². The lowest BCUT2D eigenvalue weighted by molar-refractivity contribution is 0.498. The molecule has 3 rings (SSSR count). The maximum absolute atomic E-state index is 5.64. The van der Waals surface area contributed by atoms with Crippen LogP contribution in [-0.4, -0.2) is 38.0 Å². The van der Waals surface area contributed by atoms with Gasteiger partial charge in [-0.15, -0.1) is 22.9 Å². The van der Waals surface area contributed by atoms with E-state index in [0.717, 1.165) is 10.7 Å². The largest absolute Gasteiger partial charge is 0.270 e. The minimum atomic E-state index is 0.305. The number of aromatic nitrogens is 4. The van der Waals surface area contributed by atoms with Gasteiger partial charge in [-0.25, -0.2) is 15.0 Å². The molecule has 0 radical (unpaired) electrons. The van der Waals surface area contributed by atoms with Crippen LogP contribution in [0.1, 0.15) is 66.8 Å². The Bertz CT molecular complexity index is 1080. The second kappa shape index (κ2) is 9.31. The summed E-state index contributed by atoms with van der Waals surface area (Å²) in [6.45, 7) is 12.8. The second-order valence-corrected chi connectivity index (χ2v) is 8.75. The number of fused-ring (bicyclic) bond motifs is 1. The Labute approximate surface area is 182 Å². The molecule has 0 bridgehead atoms. The molecule has 0 spiro atoms. The molecule has 0 saturated heterocycles. The van der Waals surface area contributed by atoms with E-state index in [-0.39, 0.29) is 0 Å². The van der Waals surface area contributed by atoms with Crippen LogP contribution in [0.4, 0.5) is 0 Å². The molecule has 2 aromatic rings. The normalized spacial score (nSPS) is 18.6. The Morgan fingerprint density at radius 1 is 1.30 bits per heavy atom. The number of aliphatic imine (C=N–C) groups is 2. The van der Waals surface area contributed by atoms with Crippen molar-refractivity contribution < 1.29 is 0 Å². The van der Waals surface area contributed by atoms with Gasteiger partial charge in [-0.05, 0) is 38.7 Å². The zero-order valence-corrected chi connectivity index (χ0v) is 19.2. The third-order valence-corrected chi connectivity index (χ3v) is 6.67. The first-order valence-electron chi connectivity index (χ1n) is 10.1. The van der Waals surface area contributed by atoms with E-state index in [1.165, 1.54) is 4.88 Å². The van der Waals surface area contributed by atoms with Crippen molar-refractivity contribution in [3.8, 4) is 12.3 Å². The van der Waals surface area contributed by atoms with E-state index >= 15 is 0 Å². The van der Waals surface area contributed by atoms with Gasteiger partial charge in [0.1, 0.15) is 17.5 Å². The molecule has 0 aliphatic heterocycles. The number of aryl methyl sites for hydroxylation is 2. The number of allylic oxidation sites excluding steroid dienone is 3. The molecular formula is C23H28N6S. The van der Waals surface area contributed by atoms with Crippen molar-refractivity contribution >= 4 is 29.1 Å². The topological polar surface area (TPSA) is 68.3 Å². The average Bonchev–Trinajstić information content (AvgIpc) is 3.24. The fourth-order valence-corrected chi connectivity index (χ4v) is 4.47. The molecule has 3 atom stereocenters. The van der Waals surface area contributed by atoms with E-state index in [9.17, 15) is 0 Å². The number of amidine groups is 1. The van der Waals surface area contributed by atoms with Crippen molar-refractivity contribution in [2.75, 3.05) is 6.54 Å². The SMILES string of the molecule is C#CC(=NC(C)=NCC(C)C(C)c1nc2c(s1)[C@H](C)C=CC=C2)n1nc(C)nc1C. The standard InChI is InChI=1S/C23H28N6S/c1-8-21(29-19(7)25-18(6)28-29)26-17(5)24-13-15(3)16(4)23-27-20-12-10-9-11-14(2)22(20)30-23/h1,9-12,14-16H,13H2,2-7H3/t14-,15?,16?/m1/s1. The molecule has 156 valence electrons. The van der Waals surface area contributed by atoms with E-state index in [4.69, 9.17) is 11.4 Å². The fourth-order valence-electron chi connectivity index (χ4n) is 3.20. The number of hydrogen-bond donors (Lipinski definition) is 0. The van der Waals surface area contributed by atoms with Crippen LogP contribution in [0.2, 0.25) is 0 Å². The summed E-state index contributed by atoms with van der Waals surface area (Å²) in [4.78, 5) is 19.6. The van der Waals surface area contributed by atoms with E-state index in [1.807, 2.05) is 32.1 Å². The zero-order valence-electron chi connectivity index (χ0n) is 18.4. The molecule has 0 aromatic carbocycles. The summed E-state index contributed by atoms with van der Waals surface area (Å²) in [5.74, 6) is 6.00. The number of rotatable bonds is 4. The Morgan fingerprint density at radius 3 is 2.73 bits per heavy atom. The van der Waals surface area contributed by atoms with Crippen LogP contribution in [0.5, 0.6) is 0 Å². The highest BCUT2D eigenvalue weighted by molar-refractivity contribution is 7.12. The van der Waals surface area contributed by atoms with Crippen LogP contribution in [0.3, 0.4) is 0 Å². The first kappa shape index (κ1) is 21.8. The predicted octanol–water partition coefficient (Wildman–Crippen LogP) is 4.78. The Balaban J connectivity index is 1.72. The highest BCUT2D eigenvalue weighted by Crippen LogP contribution is 2.36. The number of thiazole rings is 1. The minimum absolute atomic E-state index is 0.305. The molecular weight excluding hydrogens is 392 g/mol. The molecule has 1 aliphatic carbocycles. The third kappa shape index (κ3) is 4.82. The van der Waals surface area contributed by atoms with Crippen LogP contribution >= 0.6 is 11.3 Å². The van der Waals surface area contributed by atoms with Gasteiger partial charge in [0.05, 0.1) is 10.7 Å². The second-order valence-electron chi connectivity index (χ2n) is 7.69. The Hall–Kier alpha value is -2.85. The highest BCUT2D eigenvalue weighted by Gasteiger charge is 2.22. The quantitative estimate of drug-likeness (QED) is 0.406. The maximum atomic E-state index is 5.64. The van der Waals surface area contributed by atoms with Crippen LogP contribution in [-0.2, 0) is 0 Å². The first-order valence-corrected chi connectivity index (χ1v) is 10.9. The Kier molecular flexibility index (Phi) is 6.78. The summed E-state index contributed by atoms with van der Waals surface area (Å²) in [5.41, 5.74) is 1.09. The number of hydrogen-bond acceptors (Lipinski definition) is 5. The first-order chi connectivity index (χ1) is 14.3. The molecule has 2 heterocycles. The maximum Gasteiger partial charge on any atom is 0.209 e. The molecule has 2 aromatic heterocycles. The summed E-state index contributed by atoms with van der Waals surface area (Å²) in [7, 11) is 0. The van der Waals surface area contributed by atoms with Gasteiger partial charge in [0.25, 0.3) is 0 Å². The van der Waals surface area contributed by atoms with Crippen molar-refractivity contribution in [3.05, 3.63) is 45.5 Å². The average molecular weight is 421 g/mol. The van der Waals surface area contributed by atoms with Gasteiger partial charge in [-0.3, -0.25) is 4.99 Å². The minimum Gasteiger partial charge on any atom is -0.270 e. The van der Waals surface area contributed by atoms with Crippen LogP contribution < -0.4 is 0 Å². The van der Waals surface area contributed by atoms with Crippen molar-refractivity contribution in [1.82, 2.24) is 19.7 Å². The molecule has 7 heteroatoms. The van der Waals surface area contributed by atoms with Gasteiger partial charge >= 0.3 is 0 Å². The van der Waals surface area contributed by atoms with Crippen molar-refractivity contribution in [3.63, 3.8) is 0 Å². The predicted molar refractivity (Wildman–Crippen MR) is 125 cm³/mol. The molecule has 0 N–H and O–H groups in total. The van der Waals surface area contributed by atoms with Crippen molar-refractivity contribution in [2.45, 2.75) is 53.4 Å². The molecule has 30 heavy (non-hydrogen) atoms. The molecule has 0 saturated carbocycles. The molecule has 1 aliphatic rings. The van der Waals surface area contributed by atoms with Gasteiger partial charge in [-0.2, -0.15) is 4.68 Å². The summed E-state index contributed by atoms with van der Waals surface area (Å²) in [6, 6.07) is 0. The van der Waals surface area contributed by atoms with E-state index in [1.54, 1.807) is 4.68 Å². The van der Waals surface area contributed by atoms with Crippen molar-refractivity contribution in [2.24, 2.45) is 15.9 Å². The molecule has 2 unspecified atom stereocenters. The summed E-state index contributed by atoms with van der Waals surface area (Å²) in [5, 5.41) is 5.46. The molecule has 6 nitrogen and oxygen atoms in total. The van der Waals surface area contributed by atoms with E-state index in [2.05, 4.69) is 71.1 Å². The van der Waals surface area contributed by atoms with Gasteiger partial charge in [0, 0.05) is 23.3 Å². The lowest BCUT2D eigenvalue weighted by Crippen LogP contribution is -2.15. The lowest BCUT2D eigenvalue weighted by atomic mass is 9.97. The monoisotopic (exact) mass is 420 g/mol. The van der Waals surface area contributed by atoms with Gasteiger partial charge in [-0.1, -0.05) is 39.0 Å². The smallest absolute Gasteiger partial charge is 0.209 e. The summed E-state index contributed by atoms with van der Waals surface area (Å²) < 4.78 is 1.58. The van der Waals surface area contributed by atoms with Crippen LogP contribution in [0.25, 0.3) is 6.08 Å². The van der Waals surface area contributed by atoms with Gasteiger partial charge in [0.2, 0.25) is 5.84 Å². The summed E-state index contributed by atoms with van der Waals surface area (Å²) >= 11 is 1.81.